The molecule has 92 valence electrons. The highest BCUT2D eigenvalue weighted by atomic mass is 19.1. The Hall–Kier alpha value is -2.15. The molecule has 1 aromatic rings. The summed E-state index contributed by atoms with van der Waals surface area (Å²) in [7, 11) is 0. The standard InChI is InChI=1S/C10H11FN2O4/c1-2-16-10(15)17-9(14)6-3-4-7(11)8(5-6)13-12/h3-5,13H,2,12H2,1H3. The van der Waals surface area contributed by atoms with E-state index in [0.717, 1.165) is 18.2 Å². The lowest BCUT2D eigenvalue weighted by Gasteiger charge is -2.05. The number of hydrogen-bond donors (Lipinski definition) is 2. The lowest BCUT2D eigenvalue weighted by atomic mass is 10.2. The van der Waals surface area contributed by atoms with E-state index in [4.69, 9.17) is 5.84 Å². The van der Waals surface area contributed by atoms with Crippen molar-refractivity contribution in [2.24, 2.45) is 5.84 Å². The van der Waals surface area contributed by atoms with E-state index in [2.05, 4.69) is 14.9 Å². The van der Waals surface area contributed by atoms with Gasteiger partial charge >= 0.3 is 12.1 Å². The quantitative estimate of drug-likeness (QED) is 0.360. The lowest BCUT2D eigenvalue weighted by molar-refractivity contribution is 0.0401. The Morgan fingerprint density at radius 2 is 2.18 bits per heavy atom. The van der Waals surface area contributed by atoms with Crippen molar-refractivity contribution in [3.8, 4) is 0 Å². The molecule has 0 unspecified atom stereocenters. The maximum atomic E-state index is 13.0. The van der Waals surface area contributed by atoms with Crippen LogP contribution in [0.25, 0.3) is 0 Å². The average molecular weight is 242 g/mol. The average Bonchev–Trinajstić information content (AvgIpc) is 2.29. The summed E-state index contributed by atoms with van der Waals surface area (Å²) in [6, 6.07) is 3.31. The molecule has 0 saturated carbocycles. The highest BCUT2D eigenvalue weighted by Gasteiger charge is 2.15. The predicted octanol–water partition coefficient (Wildman–Crippen LogP) is 1.42. The molecule has 0 heterocycles. The van der Waals surface area contributed by atoms with Gasteiger partial charge in [0.05, 0.1) is 17.9 Å². The van der Waals surface area contributed by atoms with Crippen LogP contribution in [-0.4, -0.2) is 18.7 Å². The van der Waals surface area contributed by atoms with Crippen LogP contribution in [0.1, 0.15) is 17.3 Å². The van der Waals surface area contributed by atoms with Crippen molar-refractivity contribution < 1.29 is 23.5 Å². The lowest BCUT2D eigenvalue weighted by Crippen LogP contribution is -2.15. The van der Waals surface area contributed by atoms with Gasteiger partial charge in [-0.2, -0.15) is 0 Å². The van der Waals surface area contributed by atoms with Gasteiger partial charge in [-0.05, 0) is 25.1 Å². The number of halogens is 1. The third-order valence-electron chi connectivity index (χ3n) is 1.80. The van der Waals surface area contributed by atoms with Crippen molar-refractivity contribution in [2.75, 3.05) is 12.0 Å². The second-order valence-corrected chi connectivity index (χ2v) is 2.91. The maximum absolute atomic E-state index is 13.0. The van der Waals surface area contributed by atoms with E-state index in [0.29, 0.717) is 0 Å². The van der Waals surface area contributed by atoms with Crippen LogP contribution in [0.3, 0.4) is 0 Å². The predicted molar refractivity (Wildman–Crippen MR) is 56.6 cm³/mol. The Balaban J connectivity index is 2.79. The van der Waals surface area contributed by atoms with Crippen LogP contribution in [0.2, 0.25) is 0 Å². The number of esters is 1. The van der Waals surface area contributed by atoms with Gasteiger partial charge in [-0.3, -0.25) is 5.84 Å². The number of ether oxygens (including phenoxy) is 2. The molecule has 3 N–H and O–H groups in total. The molecule has 0 spiro atoms. The Bertz CT molecular complexity index is 436. The Labute approximate surface area is 96.5 Å². The van der Waals surface area contributed by atoms with Crippen molar-refractivity contribution in [1.29, 1.82) is 0 Å². The first-order valence-corrected chi connectivity index (χ1v) is 4.73. The molecule has 0 aliphatic rings. The summed E-state index contributed by atoms with van der Waals surface area (Å²) in [6.45, 7) is 1.66. The molecule has 17 heavy (non-hydrogen) atoms. The van der Waals surface area contributed by atoms with E-state index in [1.54, 1.807) is 6.92 Å². The van der Waals surface area contributed by atoms with Crippen LogP contribution in [-0.2, 0) is 9.47 Å². The van der Waals surface area contributed by atoms with Gasteiger partial charge in [-0.1, -0.05) is 0 Å². The fraction of sp³-hybridized carbons (Fsp3) is 0.200. The van der Waals surface area contributed by atoms with Crippen LogP contribution in [0.4, 0.5) is 14.9 Å². The molecule has 7 heteroatoms. The van der Waals surface area contributed by atoms with Gasteiger partial charge in [-0.15, -0.1) is 0 Å². The fourth-order valence-electron chi connectivity index (χ4n) is 1.04. The summed E-state index contributed by atoms with van der Waals surface area (Å²) >= 11 is 0. The number of hydrazine groups is 1. The monoisotopic (exact) mass is 242 g/mol. The summed E-state index contributed by atoms with van der Waals surface area (Å²) < 4.78 is 21.8. The molecular weight excluding hydrogens is 231 g/mol. The summed E-state index contributed by atoms with van der Waals surface area (Å²) in [5, 5.41) is 0. The molecule has 0 saturated heterocycles. The number of nitrogens with one attached hydrogen (secondary N) is 1. The van der Waals surface area contributed by atoms with Crippen LogP contribution < -0.4 is 11.3 Å². The van der Waals surface area contributed by atoms with Crippen molar-refractivity contribution in [1.82, 2.24) is 0 Å². The minimum atomic E-state index is -1.11. The van der Waals surface area contributed by atoms with Crippen LogP contribution in [0.5, 0.6) is 0 Å². The van der Waals surface area contributed by atoms with Gasteiger partial charge in [0.1, 0.15) is 5.82 Å². The molecule has 0 fully saturated rings. The molecule has 0 aromatic heterocycles. The van der Waals surface area contributed by atoms with E-state index in [9.17, 15) is 14.0 Å². The van der Waals surface area contributed by atoms with Gasteiger partial charge in [0.25, 0.3) is 0 Å². The summed E-state index contributed by atoms with van der Waals surface area (Å²) in [5.41, 5.74) is 1.97. The molecule has 0 aliphatic heterocycles. The highest BCUT2D eigenvalue weighted by molar-refractivity contribution is 5.96. The minimum Gasteiger partial charge on any atom is -0.434 e. The van der Waals surface area contributed by atoms with Crippen LogP contribution in [0.15, 0.2) is 18.2 Å². The third-order valence-corrected chi connectivity index (χ3v) is 1.80. The molecule has 0 bridgehead atoms. The normalized spacial score (nSPS) is 9.59. The molecule has 6 nitrogen and oxygen atoms in total. The van der Waals surface area contributed by atoms with Crippen LogP contribution in [0, 0.1) is 5.82 Å². The van der Waals surface area contributed by atoms with E-state index in [-0.39, 0.29) is 17.9 Å². The van der Waals surface area contributed by atoms with E-state index < -0.39 is 17.9 Å². The number of nitrogens with two attached hydrogens (primary N) is 1. The molecule has 0 amide bonds. The zero-order valence-electron chi connectivity index (χ0n) is 9.03. The SMILES string of the molecule is CCOC(=O)OC(=O)c1ccc(F)c(NN)c1. The van der Waals surface area contributed by atoms with E-state index in [1.807, 2.05) is 0 Å². The van der Waals surface area contributed by atoms with Crippen molar-refractivity contribution in [3.05, 3.63) is 29.6 Å². The molecule has 0 aliphatic carbocycles. The Morgan fingerprint density at radius 3 is 2.76 bits per heavy atom. The van der Waals surface area contributed by atoms with Crippen molar-refractivity contribution >= 4 is 17.8 Å². The van der Waals surface area contributed by atoms with Gasteiger partial charge in [0, 0.05) is 0 Å². The smallest absolute Gasteiger partial charge is 0.434 e. The largest absolute Gasteiger partial charge is 0.516 e. The number of benzene rings is 1. The molecule has 0 atom stereocenters. The second kappa shape index (κ2) is 5.80. The van der Waals surface area contributed by atoms with Crippen molar-refractivity contribution in [3.63, 3.8) is 0 Å². The Kier molecular flexibility index (Phi) is 4.41. The van der Waals surface area contributed by atoms with E-state index >= 15 is 0 Å². The van der Waals surface area contributed by atoms with Gasteiger partial charge in [0.15, 0.2) is 0 Å². The van der Waals surface area contributed by atoms with Gasteiger partial charge in [0.2, 0.25) is 0 Å². The number of nitrogen functional groups attached to an aromatic ring is 1. The third kappa shape index (κ3) is 3.42. The fourth-order valence-corrected chi connectivity index (χ4v) is 1.04. The highest BCUT2D eigenvalue weighted by Crippen LogP contribution is 2.15. The molecular formula is C10H11FN2O4. The maximum Gasteiger partial charge on any atom is 0.516 e. The first-order valence-electron chi connectivity index (χ1n) is 4.73. The summed E-state index contributed by atoms with van der Waals surface area (Å²) in [4.78, 5) is 22.3. The topological polar surface area (TPSA) is 90.6 Å². The van der Waals surface area contributed by atoms with Gasteiger partial charge in [-0.25, -0.2) is 14.0 Å². The first-order chi connectivity index (χ1) is 8.08. The van der Waals surface area contributed by atoms with Crippen molar-refractivity contribution in [2.45, 2.75) is 6.92 Å². The number of rotatable bonds is 3. The number of anilines is 1. The second-order valence-electron chi connectivity index (χ2n) is 2.91. The summed E-state index contributed by atoms with van der Waals surface area (Å²) in [5.74, 6) is 3.47. The first kappa shape index (κ1) is 12.9. The number of carbonyl (C=O) groups excluding carboxylic acids is 2. The zero-order chi connectivity index (χ0) is 12.8. The van der Waals surface area contributed by atoms with E-state index in [1.165, 1.54) is 0 Å². The number of hydrogen-bond acceptors (Lipinski definition) is 6. The molecule has 1 aromatic carbocycles. The zero-order valence-corrected chi connectivity index (χ0v) is 9.03. The van der Waals surface area contributed by atoms with Crippen LogP contribution >= 0.6 is 0 Å². The Morgan fingerprint density at radius 1 is 1.47 bits per heavy atom. The summed E-state index contributed by atoms with van der Waals surface area (Å²) in [6.07, 6.45) is -1.11. The minimum absolute atomic E-state index is 0.0209. The number of carbonyl (C=O) groups is 2. The van der Waals surface area contributed by atoms with Gasteiger partial charge < -0.3 is 14.9 Å². The molecule has 1 rings (SSSR count). The molecule has 0 radical (unpaired) electrons.